The molecule has 0 saturated heterocycles. The summed E-state index contributed by atoms with van der Waals surface area (Å²) < 4.78 is 6.44. The van der Waals surface area contributed by atoms with Gasteiger partial charge in [-0.15, -0.1) is 0 Å². The van der Waals surface area contributed by atoms with Gasteiger partial charge in [-0.3, -0.25) is 9.63 Å². The molecule has 140 valence electrons. The SMILES string of the molecule is CON(C)C(=O)[C@H]1C[C@H](O[Si](C)(C)C(C)(C)C)CC[C@@H]1NC(=O)O. The van der Waals surface area contributed by atoms with Crippen LogP contribution >= 0.6 is 0 Å². The molecule has 24 heavy (non-hydrogen) atoms. The van der Waals surface area contributed by atoms with Crippen molar-refractivity contribution in [1.29, 1.82) is 0 Å². The van der Waals surface area contributed by atoms with Crippen molar-refractivity contribution < 1.29 is 24.0 Å². The summed E-state index contributed by atoms with van der Waals surface area (Å²) in [5.74, 6) is -0.700. The van der Waals surface area contributed by atoms with Crippen molar-refractivity contribution >= 4 is 20.3 Å². The van der Waals surface area contributed by atoms with Gasteiger partial charge in [0.25, 0.3) is 5.91 Å². The molecular weight excluding hydrogens is 328 g/mol. The van der Waals surface area contributed by atoms with Gasteiger partial charge in [-0.05, 0) is 37.4 Å². The minimum Gasteiger partial charge on any atom is -0.465 e. The van der Waals surface area contributed by atoms with Gasteiger partial charge < -0.3 is 14.8 Å². The van der Waals surface area contributed by atoms with Crippen LogP contribution in [0, 0.1) is 5.92 Å². The zero-order valence-corrected chi connectivity index (χ0v) is 16.9. The fourth-order valence-corrected chi connectivity index (χ4v) is 4.16. The minimum atomic E-state index is -1.94. The lowest BCUT2D eigenvalue weighted by Crippen LogP contribution is -2.53. The van der Waals surface area contributed by atoms with Crippen molar-refractivity contribution in [2.24, 2.45) is 5.92 Å². The summed E-state index contributed by atoms with van der Waals surface area (Å²) in [7, 11) is 1.02. The van der Waals surface area contributed by atoms with E-state index in [4.69, 9.17) is 14.4 Å². The van der Waals surface area contributed by atoms with E-state index in [1.165, 1.54) is 7.11 Å². The Labute approximate surface area is 145 Å². The van der Waals surface area contributed by atoms with E-state index in [0.717, 1.165) is 11.5 Å². The van der Waals surface area contributed by atoms with Crippen LogP contribution in [0.1, 0.15) is 40.0 Å². The highest BCUT2D eigenvalue weighted by molar-refractivity contribution is 6.74. The minimum absolute atomic E-state index is 0.0306. The molecule has 1 aliphatic rings. The predicted octanol–water partition coefficient (Wildman–Crippen LogP) is 2.83. The van der Waals surface area contributed by atoms with Crippen LogP contribution in [0.3, 0.4) is 0 Å². The molecule has 0 aromatic heterocycles. The molecule has 0 aliphatic heterocycles. The third kappa shape index (κ3) is 5.19. The molecule has 2 amide bonds. The van der Waals surface area contributed by atoms with Gasteiger partial charge in [-0.25, -0.2) is 9.86 Å². The van der Waals surface area contributed by atoms with Crippen LogP contribution in [0.4, 0.5) is 4.79 Å². The third-order valence-electron chi connectivity index (χ3n) is 5.28. The van der Waals surface area contributed by atoms with Crippen LogP contribution < -0.4 is 5.32 Å². The molecule has 0 radical (unpaired) electrons. The maximum absolute atomic E-state index is 12.6. The van der Waals surface area contributed by atoms with Crippen molar-refractivity contribution in [3.63, 3.8) is 0 Å². The topological polar surface area (TPSA) is 88.1 Å². The van der Waals surface area contributed by atoms with E-state index < -0.39 is 26.4 Å². The van der Waals surface area contributed by atoms with Gasteiger partial charge in [-0.2, -0.15) is 0 Å². The van der Waals surface area contributed by atoms with Gasteiger partial charge in [0, 0.05) is 19.2 Å². The quantitative estimate of drug-likeness (QED) is 0.581. The zero-order valence-electron chi connectivity index (χ0n) is 15.9. The molecule has 1 saturated carbocycles. The second-order valence-electron chi connectivity index (χ2n) is 7.99. The number of carbonyl (C=O) groups is 2. The van der Waals surface area contributed by atoms with Gasteiger partial charge in [0.1, 0.15) is 0 Å². The van der Waals surface area contributed by atoms with Crippen LogP contribution in [-0.2, 0) is 14.1 Å². The van der Waals surface area contributed by atoms with Gasteiger partial charge in [-0.1, -0.05) is 20.8 Å². The average molecular weight is 361 g/mol. The molecule has 0 spiro atoms. The predicted molar refractivity (Wildman–Crippen MR) is 94.1 cm³/mol. The number of amides is 2. The Balaban J connectivity index is 2.89. The highest BCUT2D eigenvalue weighted by atomic mass is 28.4. The number of carbonyl (C=O) groups excluding carboxylic acids is 1. The summed E-state index contributed by atoms with van der Waals surface area (Å²) in [6, 6.07) is -0.410. The summed E-state index contributed by atoms with van der Waals surface area (Å²) >= 11 is 0. The van der Waals surface area contributed by atoms with Crippen LogP contribution in [0.5, 0.6) is 0 Å². The summed E-state index contributed by atoms with van der Waals surface area (Å²) in [4.78, 5) is 28.6. The molecule has 3 atom stereocenters. The molecule has 7 nitrogen and oxygen atoms in total. The normalized spacial score (nSPS) is 25.2. The molecule has 1 rings (SSSR count). The molecular formula is C16H32N2O5Si. The van der Waals surface area contributed by atoms with E-state index in [0.29, 0.717) is 12.8 Å². The maximum atomic E-state index is 12.6. The Hall–Kier alpha value is -1.12. The first-order valence-electron chi connectivity index (χ1n) is 8.38. The average Bonchev–Trinajstić information content (AvgIpc) is 2.45. The van der Waals surface area contributed by atoms with Gasteiger partial charge in [0.05, 0.1) is 13.0 Å². The Kier molecular flexibility index (Phi) is 6.83. The number of rotatable bonds is 5. The Bertz CT molecular complexity index is 464. The monoisotopic (exact) mass is 360 g/mol. The molecule has 8 heteroatoms. The van der Waals surface area contributed by atoms with Crippen molar-refractivity contribution in [3.8, 4) is 0 Å². The molecule has 1 aliphatic carbocycles. The first-order chi connectivity index (χ1) is 10.9. The second-order valence-corrected chi connectivity index (χ2v) is 12.8. The highest BCUT2D eigenvalue weighted by Crippen LogP contribution is 2.40. The zero-order chi connectivity index (χ0) is 18.7. The lowest BCUT2D eigenvalue weighted by atomic mass is 9.82. The second kappa shape index (κ2) is 7.84. The summed E-state index contributed by atoms with van der Waals surface area (Å²) in [6.45, 7) is 10.9. The number of carboxylic acid groups (broad SMARTS) is 1. The number of hydrogen-bond donors (Lipinski definition) is 2. The summed E-state index contributed by atoms with van der Waals surface area (Å²) in [5.41, 5.74) is 0. The first kappa shape index (κ1) is 20.9. The van der Waals surface area contributed by atoms with Crippen molar-refractivity contribution in [1.82, 2.24) is 10.4 Å². The highest BCUT2D eigenvalue weighted by Gasteiger charge is 2.43. The number of hydroxylamine groups is 2. The molecule has 0 heterocycles. The third-order valence-corrected chi connectivity index (χ3v) is 9.81. The smallest absolute Gasteiger partial charge is 0.404 e. The number of nitrogens with one attached hydrogen (secondary N) is 1. The van der Waals surface area contributed by atoms with Crippen LogP contribution in [0.25, 0.3) is 0 Å². The van der Waals surface area contributed by atoms with Gasteiger partial charge >= 0.3 is 6.09 Å². The Morgan fingerprint density at radius 2 is 1.83 bits per heavy atom. The van der Waals surface area contributed by atoms with Crippen LogP contribution in [-0.4, -0.2) is 56.8 Å². The van der Waals surface area contributed by atoms with E-state index in [-0.39, 0.29) is 17.0 Å². The molecule has 0 bridgehead atoms. The standard InChI is InChI=1S/C16H32N2O5Si/c1-16(2,3)24(6,7)23-11-8-9-13(17-15(20)21)12(10-11)14(19)18(4)22-5/h11-13,17H,8-10H2,1-7H3,(H,20,21)/t11-,12+,13+/m1/s1. The lowest BCUT2D eigenvalue weighted by molar-refractivity contribution is -0.176. The Morgan fingerprint density at radius 1 is 1.25 bits per heavy atom. The van der Waals surface area contributed by atoms with Gasteiger partial charge in [0.15, 0.2) is 8.32 Å². The molecule has 2 N–H and O–H groups in total. The fraction of sp³-hybridized carbons (Fsp3) is 0.875. The Morgan fingerprint density at radius 3 is 2.29 bits per heavy atom. The molecule has 0 unspecified atom stereocenters. The molecule has 0 aromatic carbocycles. The molecule has 1 fully saturated rings. The number of hydrogen-bond acceptors (Lipinski definition) is 4. The van der Waals surface area contributed by atoms with E-state index in [1.54, 1.807) is 7.05 Å². The van der Waals surface area contributed by atoms with Crippen molar-refractivity contribution in [3.05, 3.63) is 0 Å². The van der Waals surface area contributed by atoms with Crippen LogP contribution in [0.2, 0.25) is 18.1 Å². The summed E-state index contributed by atoms with van der Waals surface area (Å²) in [6.07, 6.45) is 0.695. The first-order valence-corrected chi connectivity index (χ1v) is 11.3. The van der Waals surface area contributed by atoms with E-state index in [9.17, 15) is 9.59 Å². The maximum Gasteiger partial charge on any atom is 0.404 e. The summed E-state index contributed by atoms with van der Waals surface area (Å²) in [5, 5.41) is 12.8. The van der Waals surface area contributed by atoms with E-state index in [2.05, 4.69) is 39.2 Å². The van der Waals surface area contributed by atoms with E-state index in [1.807, 2.05) is 0 Å². The largest absolute Gasteiger partial charge is 0.465 e. The lowest BCUT2D eigenvalue weighted by Gasteiger charge is -2.43. The van der Waals surface area contributed by atoms with Crippen LogP contribution in [0.15, 0.2) is 0 Å². The van der Waals surface area contributed by atoms with E-state index >= 15 is 0 Å². The fourth-order valence-electron chi connectivity index (χ4n) is 2.76. The van der Waals surface area contributed by atoms with Crippen molar-refractivity contribution in [2.45, 2.75) is 70.3 Å². The van der Waals surface area contributed by atoms with Crippen molar-refractivity contribution in [2.75, 3.05) is 14.2 Å². The molecule has 0 aromatic rings. The van der Waals surface area contributed by atoms with Gasteiger partial charge in [0.2, 0.25) is 0 Å². The number of nitrogens with zero attached hydrogens (tertiary/aromatic N) is 1.